The number of halogens is 1. The average molecular weight is 519 g/mol. The van der Waals surface area contributed by atoms with Crippen molar-refractivity contribution in [3.8, 4) is 22.5 Å². The second-order valence-corrected chi connectivity index (χ2v) is 7.92. The largest absolute Gasteiger partial charge is 0.467 e. The van der Waals surface area contributed by atoms with Gasteiger partial charge in [-0.25, -0.2) is 9.18 Å². The van der Waals surface area contributed by atoms with E-state index >= 15 is 0 Å². The topological polar surface area (TPSA) is 118 Å². The average Bonchev–Trinajstić information content (AvgIpc) is 3.35. The monoisotopic (exact) mass is 518 g/mol. The second-order valence-electron chi connectivity index (χ2n) is 7.92. The Bertz CT molecular complexity index is 1460. The number of esters is 1. The lowest BCUT2D eigenvalue weighted by Gasteiger charge is -2.14. The highest BCUT2D eigenvalue weighted by atomic mass is 19.1. The summed E-state index contributed by atoms with van der Waals surface area (Å²) in [4.78, 5) is 37.2. The minimum atomic E-state index is -1.19. The lowest BCUT2D eigenvalue weighted by molar-refractivity contribution is -0.143. The number of aliphatic hydroxyl groups excluding tert-OH is 1. The first-order valence-electron chi connectivity index (χ1n) is 11.5. The van der Waals surface area contributed by atoms with Crippen molar-refractivity contribution >= 4 is 28.8 Å². The molecule has 0 spiro atoms. The fraction of sp³-hybridized carbons (Fsp3) is 0.138. The van der Waals surface area contributed by atoms with E-state index in [4.69, 9.17) is 4.42 Å². The van der Waals surface area contributed by atoms with Gasteiger partial charge in [0.15, 0.2) is 6.04 Å². The minimum Gasteiger partial charge on any atom is -0.467 e. The number of furan rings is 1. The molecule has 3 aromatic carbocycles. The normalized spacial score (nSPS) is 11.2. The molecule has 2 amide bonds. The molecular formula is C29H27FN2O6. The van der Waals surface area contributed by atoms with Gasteiger partial charge in [-0.05, 0) is 59.7 Å². The lowest BCUT2D eigenvalue weighted by Crippen LogP contribution is -2.44. The molecule has 8 nitrogen and oxygen atoms in total. The SMILES string of the molecule is C=C.CNC(=O)c1c(-c2ccc(F)cc2)oc2ccc(-c3cccc(C(=O)N[C@H](CO)C(=O)OC)c3)cc12. The zero-order valence-corrected chi connectivity index (χ0v) is 20.9. The molecule has 0 aliphatic carbocycles. The number of benzene rings is 3. The molecule has 1 atom stereocenters. The summed E-state index contributed by atoms with van der Waals surface area (Å²) < 4.78 is 24.0. The Morgan fingerprint density at radius 3 is 2.26 bits per heavy atom. The van der Waals surface area contributed by atoms with Crippen molar-refractivity contribution in [2.24, 2.45) is 0 Å². The van der Waals surface area contributed by atoms with Crippen molar-refractivity contribution in [1.29, 1.82) is 0 Å². The Labute approximate surface area is 218 Å². The maximum absolute atomic E-state index is 13.4. The fourth-order valence-electron chi connectivity index (χ4n) is 3.84. The second kappa shape index (κ2) is 12.5. The van der Waals surface area contributed by atoms with E-state index in [0.717, 1.165) is 0 Å². The van der Waals surface area contributed by atoms with Crippen LogP contribution in [0.15, 0.2) is 84.3 Å². The van der Waals surface area contributed by atoms with Crippen LogP contribution >= 0.6 is 0 Å². The van der Waals surface area contributed by atoms with E-state index in [0.29, 0.717) is 39.0 Å². The number of fused-ring (bicyclic) bond motifs is 1. The van der Waals surface area contributed by atoms with Crippen molar-refractivity contribution < 1.29 is 33.0 Å². The van der Waals surface area contributed by atoms with Crippen molar-refractivity contribution in [3.63, 3.8) is 0 Å². The third kappa shape index (κ3) is 5.79. The number of ether oxygens (including phenoxy) is 1. The highest BCUT2D eigenvalue weighted by Crippen LogP contribution is 2.36. The molecule has 0 aliphatic rings. The number of nitrogens with one attached hydrogen (secondary N) is 2. The molecule has 0 aliphatic heterocycles. The third-order valence-corrected chi connectivity index (χ3v) is 5.68. The molecule has 0 saturated carbocycles. The van der Waals surface area contributed by atoms with Gasteiger partial charge in [0.2, 0.25) is 0 Å². The zero-order valence-electron chi connectivity index (χ0n) is 20.9. The predicted octanol–water partition coefficient (Wildman–Crippen LogP) is 4.33. The van der Waals surface area contributed by atoms with Crippen LogP contribution in [0.2, 0.25) is 0 Å². The molecule has 38 heavy (non-hydrogen) atoms. The van der Waals surface area contributed by atoms with E-state index in [-0.39, 0.29) is 11.5 Å². The van der Waals surface area contributed by atoms with Gasteiger partial charge in [0, 0.05) is 23.6 Å². The van der Waals surface area contributed by atoms with Crippen LogP contribution < -0.4 is 10.6 Å². The maximum Gasteiger partial charge on any atom is 0.330 e. The summed E-state index contributed by atoms with van der Waals surface area (Å²) in [5, 5.41) is 15.0. The third-order valence-electron chi connectivity index (χ3n) is 5.68. The molecule has 0 bridgehead atoms. The molecule has 196 valence electrons. The van der Waals surface area contributed by atoms with Gasteiger partial charge in [-0.2, -0.15) is 0 Å². The Morgan fingerprint density at radius 1 is 0.974 bits per heavy atom. The van der Waals surface area contributed by atoms with Crippen LogP contribution in [-0.4, -0.2) is 49.7 Å². The first-order valence-corrected chi connectivity index (χ1v) is 11.5. The number of rotatable bonds is 7. The van der Waals surface area contributed by atoms with Gasteiger partial charge in [0.1, 0.15) is 17.2 Å². The molecular weight excluding hydrogens is 491 g/mol. The summed E-state index contributed by atoms with van der Waals surface area (Å²) in [6.45, 7) is 5.40. The highest BCUT2D eigenvalue weighted by molar-refractivity contribution is 6.12. The molecule has 1 aromatic heterocycles. The van der Waals surface area contributed by atoms with Crippen LogP contribution in [0, 0.1) is 5.82 Å². The van der Waals surface area contributed by atoms with Crippen LogP contribution in [0.1, 0.15) is 20.7 Å². The summed E-state index contributed by atoms with van der Waals surface area (Å²) in [7, 11) is 2.67. The number of carbonyl (C=O) groups excluding carboxylic acids is 3. The van der Waals surface area contributed by atoms with Crippen molar-refractivity contribution in [3.05, 3.63) is 96.8 Å². The van der Waals surface area contributed by atoms with E-state index in [2.05, 4.69) is 28.5 Å². The number of hydrogen-bond donors (Lipinski definition) is 3. The highest BCUT2D eigenvalue weighted by Gasteiger charge is 2.23. The first kappa shape index (κ1) is 27.8. The Morgan fingerprint density at radius 2 is 1.63 bits per heavy atom. The Kier molecular flexibility index (Phi) is 9.13. The van der Waals surface area contributed by atoms with Crippen molar-refractivity contribution in [2.45, 2.75) is 6.04 Å². The van der Waals surface area contributed by atoms with E-state index < -0.39 is 30.3 Å². The van der Waals surface area contributed by atoms with E-state index in [1.807, 2.05) is 0 Å². The van der Waals surface area contributed by atoms with Gasteiger partial charge < -0.3 is 24.9 Å². The van der Waals surface area contributed by atoms with Gasteiger partial charge in [-0.3, -0.25) is 9.59 Å². The summed E-state index contributed by atoms with van der Waals surface area (Å²) in [6, 6.07) is 16.4. The van der Waals surface area contributed by atoms with Crippen LogP contribution in [0.25, 0.3) is 33.4 Å². The van der Waals surface area contributed by atoms with Gasteiger partial charge in [-0.15, -0.1) is 13.2 Å². The number of carbonyl (C=O) groups is 3. The first-order chi connectivity index (χ1) is 18.4. The summed E-state index contributed by atoms with van der Waals surface area (Å²) in [5.41, 5.74) is 2.97. The lowest BCUT2D eigenvalue weighted by atomic mass is 9.99. The zero-order chi connectivity index (χ0) is 27.8. The molecule has 1 heterocycles. The van der Waals surface area contributed by atoms with Crippen LogP contribution in [-0.2, 0) is 9.53 Å². The number of amides is 2. The molecule has 0 radical (unpaired) electrons. The van der Waals surface area contributed by atoms with Crippen LogP contribution in [0.3, 0.4) is 0 Å². The maximum atomic E-state index is 13.4. The predicted molar refractivity (Wildman–Crippen MR) is 142 cm³/mol. The minimum absolute atomic E-state index is 0.265. The molecule has 3 N–H and O–H groups in total. The summed E-state index contributed by atoms with van der Waals surface area (Å²) in [5.74, 6) is -1.77. The summed E-state index contributed by atoms with van der Waals surface area (Å²) in [6.07, 6.45) is 0. The van der Waals surface area contributed by atoms with E-state index in [1.165, 1.54) is 38.4 Å². The number of hydrogen-bond acceptors (Lipinski definition) is 6. The quantitative estimate of drug-likeness (QED) is 0.248. The molecule has 0 fully saturated rings. The van der Waals surface area contributed by atoms with Gasteiger partial charge >= 0.3 is 5.97 Å². The van der Waals surface area contributed by atoms with Crippen LogP contribution in [0.5, 0.6) is 0 Å². The van der Waals surface area contributed by atoms with E-state index in [9.17, 15) is 23.9 Å². The van der Waals surface area contributed by atoms with Gasteiger partial charge in [-0.1, -0.05) is 18.2 Å². The molecule has 4 aromatic rings. The molecule has 9 heteroatoms. The van der Waals surface area contributed by atoms with Gasteiger partial charge in [0.05, 0.1) is 19.3 Å². The van der Waals surface area contributed by atoms with Gasteiger partial charge in [0.25, 0.3) is 11.8 Å². The molecule has 0 saturated heterocycles. The van der Waals surface area contributed by atoms with Crippen LogP contribution in [0.4, 0.5) is 4.39 Å². The Balaban J connectivity index is 0.00000195. The summed E-state index contributed by atoms with van der Waals surface area (Å²) >= 11 is 0. The Hall–Kier alpha value is -4.76. The van der Waals surface area contributed by atoms with Crippen molar-refractivity contribution in [1.82, 2.24) is 10.6 Å². The molecule has 0 unspecified atom stereocenters. The van der Waals surface area contributed by atoms with Crippen molar-refractivity contribution in [2.75, 3.05) is 20.8 Å². The standard InChI is InChI=1S/C27H23FN2O6.C2H4/c1-29-26(33)23-20-13-17(8-11-22(20)36-24(23)15-6-9-19(28)10-7-15)16-4-3-5-18(12-16)25(32)30-21(14-31)27(34)35-2;1-2/h3-13,21,31H,14H2,1-2H3,(H,29,33)(H,30,32);1-2H2/t21-;/m1./s1. The number of aliphatic hydroxyl groups is 1. The van der Waals surface area contributed by atoms with E-state index in [1.54, 1.807) is 42.5 Å². The fourth-order valence-corrected chi connectivity index (χ4v) is 3.84. The molecule has 4 rings (SSSR count). The smallest absolute Gasteiger partial charge is 0.330 e. The number of methoxy groups -OCH3 is 1.